The van der Waals surface area contributed by atoms with Crippen LogP contribution in [0.4, 0.5) is 11.9 Å². The number of hydrogen-bond acceptors (Lipinski definition) is 14. The van der Waals surface area contributed by atoms with Gasteiger partial charge in [0.2, 0.25) is 11.9 Å². The zero-order valence-electron chi connectivity index (χ0n) is 42.0. The summed E-state index contributed by atoms with van der Waals surface area (Å²) in [6, 6.07) is 7.52. The standard InChI is InChI=1S/C50H64N10O9Si/c1-12-36-35(20-29(3)51-36)44(61)54-48-52-37-22-31(46(63)65-8)24-40-42(37)58(48)17-14-15-18-59-43-38(53-49(59)55-45(62)39-21-30(4)56-60(39)13-2)23-32(47(64)66-9)25-41(43)68-28-33(27-67-40)57-19-16-34(26-57)69-70(10,11)50(5,6)7/h14-15,20-25,33-34,36H,12-13,16-19,26-28H2,1-11H3,(H,52,54,61)(H,53,55,62)/b15-14+. The van der Waals surface area contributed by atoms with E-state index in [1.54, 1.807) is 41.1 Å². The summed E-state index contributed by atoms with van der Waals surface area (Å²) in [5.41, 5.74) is 4.60. The molecule has 0 aliphatic carbocycles. The molecule has 2 aromatic carbocycles. The lowest BCUT2D eigenvalue weighted by Crippen LogP contribution is -2.46. The zero-order chi connectivity index (χ0) is 50.2. The molecule has 3 unspecified atom stereocenters. The molecular formula is C50H64N10O9Si. The van der Waals surface area contributed by atoms with Gasteiger partial charge in [-0.05, 0) is 88.2 Å². The van der Waals surface area contributed by atoms with Gasteiger partial charge in [-0.15, -0.1) is 0 Å². The number of nitrogens with zero attached hydrogens (tertiary/aromatic N) is 8. The van der Waals surface area contributed by atoms with Crippen molar-refractivity contribution in [3.8, 4) is 11.5 Å². The molecule has 2 N–H and O–H groups in total. The van der Waals surface area contributed by atoms with Gasteiger partial charge in [0.15, 0.2) is 8.32 Å². The van der Waals surface area contributed by atoms with Crippen molar-refractivity contribution in [3.05, 3.63) is 76.6 Å². The first-order valence-corrected chi connectivity index (χ1v) is 26.7. The number of esters is 2. The van der Waals surface area contributed by atoms with Crippen LogP contribution in [0, 0.1) is 6.92 Å². The Morgan fingerprint density at radius 3 is 1.89 bits per heavy atom. The van der Waals surface area contributed by atoms with Crippen LogP contribution in [0.25, 0.3) is 22.1 Å². The first-order chi connectivity index (χ1) is 33.3. The van der Waals surface area contributed by atoms with Gasteiger partial charge >= 0.3 is 11.9 Å². The smallest absolute Gasteiger partial charge is 0.338 e. The maximum Gasteiger partial charge on any atom is 0.338 e. The van der Waals surface area contributed by atoms with Crippen LogP contribution in [0.3, 0.4) is 0 Å². The molecule has 8 rings (SSSR count). The van der Waals surface area contributed by atoms with Gasteiger partial charge in [0.1, 0.15) is 41.4 Å². The number of likely N-dealkylation sites (tertiary alicyclic amines) is 1. The van der Waals surface area contributed by atoms with Crippen LogP contribution in [0.5, 0.6) is 11.5 Å². The lowest BCUT2D eigenvalue weighted by atomic mass is 10.1. The Morgan fingerprint density at radius 2 is 1.37 bits per heavy atom. The molecule has 5 aromatic rings. The number of aryl methyl sites for hydroxylation is 2. The number of methoxy groups -OCH3 is 2. The number of aromatic nitrogens is 6. The second kappa shape index (κ2) is 20.0. The van der Waals surface area contributed by atoms with Crippen LogP contribution in [-0.4, -0.2) is 130 Å². The summed E-state index contributed by atoms with van der Waals surface area (Å²) in [7, 11) is 0.486. The van der Waals surface area contributed by atoms with E-state index in [2.05, 4.69) is 59.5 Å². The minimum Gasteiger partial charge on any atom is -0.490 e. The Bertz CT molecular complexity index is 2960. The van der Waals surface area contributed by atoms with E-state index >= 15 is 0 Å². The number of carbonyl (C=O) groups excluding carboxylic acids is 4. The summed E-state index contributed by atoms with van der Waals surface area (Å²) in [6.07, 6.45) is 6.99. The number of benzene rings is 2. The summed E-state index contributed by atoms with van der Waals surface area (Å²) in [4.78, 5) is 71.3. The summed E-state index contributed by atoms with van der Waals surface area (Å²) in [5, 5.41) is 10.6. The third-order valence-corrected chi connectivity index (χ3v) is 18.2. The number of amides is 2. The molecule has 3 aliphatic heterocycles. The van der Waals surface area contributed by atoms with E-state index in [1.807, 2.05) is 49.0 Å². The van der Waals surface area contributed by atoms with Crippen molar-refractivity contribution in [2.45, 2.75) is 117 Å². The number of aliphatic imine (C=N–C) groups is 1. The summed E-state index contributed by atoms with van der Waals surface area (Å²) in [5.74, 6) is -0.823. The van der Waals surface area contributed by atoms with Gasteiger partial charge in [0.05, 0.1) is 60.3 Å². The molecule has 372 valence electrons. The highest BCUT2D eigenvalue weighted by atomic mass is 28.4. The Morgan fingerprint density at radius 1 is 0.814 bits per heavy atom. The zero-order valence-corrected chi connectivity index (χ0v) is 43.0. The number of hydrogen-bond donors (Lipinski definition) is 2. The third-order valence-electron chi connectivity index (χ3n) is 13.6. The molecule has 3 atom stereocenters. The largest absolute Gasteiger partial charge is 0.490 e. The van der Waals surface area contributed by atoms with E-state index < -0.39 is 32.2 Å². The van der Waals surface area contributed by atoms with Crippen LogP contribution >= 0.6 is 0 Å². The van der Waals surface area contributed by atoms with Gasteiger partial charge in [0, 0.05) is 44.0 Å². The van der Waals surface area contributed by atoms with Crippen molar-refractivity contribution in [2.24, 2.45) is 4.99 Å². The fourth-order valence-corrected chi connectivity index (χ4v) is 10.4. The van der Waals surface area contributed by atoms with E-state index in [-0.39, 0.29) is 72.4 Å². The number of allylic oxidation sites excluding steroid dienone is 3. The van der Waals surface area contributed by atoms with Gasteiger partial charge in [-0.25, -0.2) is 19.6 Å². The van der Waals surface area contributed by atoms with Gasteiger partial charge in [-0.3, -0.25) is 34.8 Å². The Balaban J connectivity index is 1.27. The highest BCUT2D eigenvalue weighted by molar-refractivity contribution is 6.74. The van der Waals surface area contributed by atoms with Crippen LogP contribution in [0.1, 0.15) is 91.3 Å². The van der Waals surface area contributed by atoms with Crippen molar-refractivity contribution in [2.75, 3.05) is 51.2 Å². The number of rotatable bonds is 11. The van der Waals surface area contributed by atoms with Crippen LogP contribution in [0.2, 0.25) is 18.1 Å². The third kappa shape index (κ3) is 10.0. The average molecular weight is 977 g/mol. The maximum absolute atomic E-state index is 14.1. The van der Waals surface area contributed by atoms with Gasteiger partial charge < -0.3 is 32.5 Å². The maximum atomic E-state index is 14.1. The molecule has 70 heavy (non-hydrogen) atoms. The first-order valence-electron chi connectivity index (χ1n) is 23.8. The minimum absolute atomic E-state index is 0.00776. The molecular weight excluding hydrogens is 913 g/mol. The highest BCUT2D eigenvalue weighted by Gasteiger charge is 2.42. The second-order valence-electron chi connectivity index (χ2n) is 19.5. The van der Waals surface area contributed by atoms with E-state index in [0.717, 1.165) is 12.1 Å². The summed E-state index contributed by atoms with van der Waals surface area (Å²) in [6.45, 7) is 21.1. The predicted molar refractivity (Wildman–Crippen MR) is 269 cm³/mol. The van der Waals surface area contributed by atoms with Crippen LogP contribution in [-0.2, 0) is 38.3 Å². The molecule has 0 bridgehead atoms. The first kappa shape index (κ1) is 49.8. The molecule has 6 heterocycles. The fourth-order valence-electron chi connectivity index (χ4n) is 8.97. The fraction of sp³-hybridized carbons (Fsp3) is 0.480. The normalized spacial score (nSPS) is 19.4. The lowest BCUT2D eigenvalue weighted by molar-refractivity contribution is -0.113. The van der Waals surface area contributed by atoms with Gasteiger partial charge in [0.25, 0.3) is 11.8 Å². The lowest BCUT2D eigenvalue weighted by Gasteiger charge is -2.38. The minimum atomic E-state index is -2.13. The van der Waals surface area contributed by atoms with E-state index in [9.17, 15) is 19.2 Å². The van der Waals surface area contributed by atoms with Crippen molar-refractivity contribution >= 4 is 71.7 Å². The Hall–Kier alpha value is -6.64. The molecule has 19 nitrogen and oxygen atoms in total. The van der Waals surface area contributed by atoms with E-state index in [0.29, 0.717) is 76.6 Å². The molecule has 3 aromatic heterocycles. The molecule has 1 saturated heterocycles. The van der Waals surface area contributed by atoms with Crippen molar-refractivity contribution in [1.29, 1.82) is 0 Å². The summed E-state index contributed by atoms with van der Waals surface area (Å²) < 4.78 is 36.3. The quantitative estimate of drug-likeness (QED) is 0.0755. The van der Waals surface area contributed by atoms with Gasteiger partial charge in [-0.1, -0.05) is 39.8 Å². The number of nitrogens with one attached hydrogen (secondary N) is 2. The predicted octanol–water partition coefficient (Wildman–Crippen LogP) is 7.35. The number of ether oxygens (including phenoxy) is 4. The number of carbonyl (C=O) groups is 4. The molecule has 0 spiro atoms. The Kier molecular flexibility index (Phi) is 14.2. The van der Waals surface area contributed by atoms with E-state index in [1.165, 1.54) is 14.2 Å². The topological polar surface area (TPSA) is 208 Å². The average Bonchev–Trinajstić information content (AvgIpc) is 4.16. The second-order valence-corrected chi connectivity index (χ2v) is 24.2. The SMILES string of the molecule is CCC1N=C(C)C=C1C(=O)Nc1nc2cc(C(=O)OC)cc3c2n1C/C=C/Cn1c(NC(=O)c2cc(C)nn2CC)nc2cc(C(=O)OC)cc(c21)OCC(N1CCC(O[Si](C)(C)C(C)(C)C)C1)CO3. The molecule has 2 amide bonds. The number of imidazole rings is 2. The van der Waals surface area contributed by atoms with Crippen molar-refractivity contribution in [3.63, 3.8) is 0 Å². The van der Waals surface area contributed by atoms with Gasteiger partial charge in [-0.2, -0.15) is 5.10 Å². The highest BCUT2D eigenvalue weighted by Crippen LogP contribution is 2.39. The molecule has 0 saturated carbocycles. The molecule has 3 aliphatic rings. The van der Waals surface area contributed by atoms with E-state index in [4.69, 9.17) is 33.3 Å². The Labute approximate surface area is 408 Å². The number of anilines is 2. The van der Waals surface area contributed by atoms with Crippen LogP contribution < -0.4 is 20.1 Å². The molecule has 20 heteroatoms. The van der Waals surface area contributed by atoms with Crippen LogP contribution in [0.15, 0.2) is 59.1 Å². The molecule has 1 fully saturated rings. The summed E-state index contributed by atoms with van der Waals surface area (Å²) >= 11 is 0. The van der Waals surface area contributed by atoms with Crippen molar-refractivity contribution in [1.82, 2.24) is 33.8 Å². The van der Waals surface area contributed by atoms with Crippen molar-refractivity contribution < 1.29 is 42.6 Å². The monoisotopic (exact) mass is 976 g/mol. The molecule has 0 radical (unpaired) electrons.